The van der Waals surface area contributed by atoms with Gasteiger partial charge in [0.15, 0.2) is 0 Å². The van der Waals surface area contributed by atoms with Gasteiger partial charge in [0.1, 0.15) is 11.4 Å². The molecule has 0 aromatic heterocycles. The van der Waals surface area contributed by atoms with Gasteiger partial charge in [0.2, 0.25) is 5.78 Å². The van der Waals surface area contributed by atoms with Crippen LogP contribution in [0.3, 0.4) is 0 Å². The van der Waals surface area contributed by atoms with Gasteiger partial charge < -0.3 is 9.47 Å². The highest BCUT2D eigenvalue weighted by atomic mass is 16.5. The second-order valence-electron chi connectivity index (χ2n) is 4.02. The van der Waals surface area contributed by atoms with Crippen LogP contribution in [0, 0.1) is 11.8 Å². The van der Waals surface area contributed by atoms with Gasteiger partial charge in [0.05, 0.1) is 7.11 Å². The molecule has 90 valence electrons. The molecule has 0 N–H and O–H groups in total. The van der Waals surface area contributed by atoms with Crippen molar-refractivity contribution < 1.29 is 14.3 Å². The van der Waals surface area contributed by atoms with Crippen LogP contribution in [0.2, 0.25) is 0 Å². The third-order valence-corrected chi connectivity index (χ3v) is 2.34. The SMILES string of the molecule is COc1ccc(C(=O)C#CC(C)(C)OC)cc1. The number of methoxy groups -OCH3 is 2. The van der Waals surface area contributed by atoms with Crippen molar-refractivity contribution in [1.29, 1.82) is 0 Å². The van der Waals surface area contributed by atoms with Crippen molar-refractivity contribution in [3.63, 3.8) is 0 Å². The number of carbonyl (C=O) groups is 1. The monoisotopic (exact) mass is 232 g/mol. The molecule has 0 saturated heterocycles. The summed E-state index contributed by atoms with van der Waals surface area (Å²) in [5.41, 5.74) is -0.0625. The summed E-state index contributed by atoms with van der Waals surface area (Å²) >= 11 is 0. The molecule has 0 radical (unpaired) electrons. The van der Waals surface area contributed by atoms with Crippen LogP contribution in [0.1, 0.15) is 24.2 Å². The summed E-state index contributed by atoms with van der Waals surface area (Å²) in [6, 6.07) is 6.85. The van der Waals surface area contributed by atoms with E-state index in [2.05, 4.69) is 11.8 Å². The molecule has 0 saturated carbocycles. The molecule has 1 aromatic rings. The summed E-state index contributed by atoms with van der Waals surface area (Å²) in [6.07, 6.45) is 0. The minimum atomic E-state index is -0.609. The Morgan fingerprint density at radius 2 is 1.76 bits per heavy atom. The summed E-state index contributed by atoms with van der Waals surface area (Å²) in [6.45, 7) is 3.61. The second-order valence-corrected chi connectivity index (χ2v) is 4.02. The van der Waals surface area contributed by atoms with Crippen molar-refractivity contribution in [3.8, 4) is 17.6 Å². The maximum atomic E-state index is 11.7. The highest BCUT2D eigenvalue weighted by Crippen LogP contribution is 2.11. The fourth-order valence-electron chi connectivity index (χ4n) is 1.07. The molecule has 0 aliphatic carbocycles. The van der Waals surface area contributed by atoms with Crippen LogP contribution in [0.5, 0.6) is 5.75 Å². The third-order valence-electron chi connectivity index (χ3n) is 2.34. The summed E-state index contributed by atoms with van der Waals surface area (Å²) in [5, 5.41) is 0. The zero-order chi connectivity index (χ0) is 12.9. The summed E-state index contributed by atoms with van der Waals surface area (Å²) < 4.78 is 10.1. The van der Waals surface area contributed by atoms with Crippen LogP contribution in [-0.4, -0.2) is 25.6 Å². The minimum absolute atomic E-state index is 0.224. The van der Waals surface area contributed by atoms with Crippen molar-refractivity contribution in [2.45, 2.75) is 19.4 Å². The molecule has 0 heterocycles. The van der Waals surface area contributed by atoms with E-state index in [9.17, 15) is 4.79 Å². The number of rotatable bonds is 3. The quantitative estimate of drug-likeness (QED) is 0.456. The van der Waals surface area contributed by atoms with E-state index < -0.39 is 5.60 Å². The Balaban J connectivity index is 2.83. The second kappa shape index (κ2) is 5.51. The number of hydrogen-bond donors (Lipinski definition) is 0. The van der Waals surface area contributed by atoms with Gasteiger partial charge in [0.25, 0.3) is 0 Å². The van der Waals surface area contributed by atoms with Gasteiger partial charge in [-0.25, -0.2) is 0 Å². The average molecular weight is 232 g/mol. The Morgan fingerprint density at radius 1 is 1.18 bits per heavy atom. The lowest BCUT2D eigenvalue weighted by Crippen LogP contribution is -2.19. The predicted molar refractivity (Wildman–Crippen MR) is 66.2 cm³/mol. The van der Waals surface area contributed by atoms with E-state index in [0.29, 0.717) is 11.3 Å². The van der Waals surface area contributed by atoms with E-state index in [-0.39, 0.29) is 5.78 Å². The molecule has 0 unspecified atom stereocenters. The Morgan fingerprint density at radius 3 is 2.24 bits per heavy atom. The van der Waals surface area contributed by atoms with Crippen LogP contribution >= 0.6 is 0 Å². The highest BCUT2D eigenvalue weighted by Gasteiger charge is 2.12. The minimum Gasteiger partial charge on any atom is -0.497 e. The average Bonchev–Trinajstić information content (AvgIpc) is 2.36. The summed E-state index contributed by atoms with van der Waals surface area (Å²) in [4.78, 5) is 11.7. The molecular formula is C14H16O3. The Bertz CT molecular complexity index is 447. The topological polar surface area (TPSA) is 35.5 Å². The van der Waals surface area contributed by atoms with Crippen LogP contribution in [0.4, 0.5) is 0 Å². The first-order valence-corrected chi connectivity index (χ1v) is 5.25. The molecule has 0 bridgehead atoms. The van der Waals surface area contributed by atoms with Gasteiger partial charge in [-0.05, 0) is 44.0 Å². The van der Waals surface area contributed by atoms with Gasteiger partial charge in [-0.2, -0.15) is 0 Å². The Hall–Kier alpha value is -1.79. The van der Waals surface area contributed by atoms with E-state index in [0.717, 1.165) is 0 Å². The van der Waals surface area contributed by atoms with Crippen LogP contribution in [0.15, 0.2) is 24.3 Å². The van der Waals surface area contributed by atoms with E-state index in [1.807, 2.05) is 0 Å². The van der Waals surface area contributed by atoms with E-state index in [4.69, 9.17) is 9.47 Å². The smallest absolute Gasteiger partial charge is 0.235 e. The lowest BCUT2D eigenvalue weighted by atomic mass is 10.1. The number of hydrogen-bond acceptors (Lipinski definition) is 3. The van der Waals surface area contributed by atoms with Crippen molar-refractivity contribution in [1.82, 2.24) is 0 Å². The lowest BCUT2D eigenvalue weighted by Gasteiger charge is -2.13. The van der Waals surface area contributed by atoms with Gasteiger partial charge in [0, 0.05) is 12.7 Å². The van der Waals surface area contributed by atoms with Crippen LogP contribution < -0.4 is 4.74 Å². The number of carbonyl (C=O) groups excluding carboxylic acids is 1. The van der Waals surface area contributed by atoms with Gasteiger partial charge in [-0.1, -0.05) is 5.92 Å². The molecule has 0 aliphatic heterocycles. The summed E-state index contributed by atoms with van der Waals surface area (Å²) in [7, 11) is 3.14. The van der Waals surface area contributed by atoms with Crippen molar-refractivity contribution in [2.24, 2.45) is 0 Å². The third kappa shape index (κ3) is 3.93. The van der Waals surface area contributed by atoms with E-state index >= 15 is 0 Å². The molecular weight excluding hydrogens is 216 g/mol. The molecule has 1 rings (SSSR count). The first-order valence-electron chi connectivity index (χ1n) is 5.25. The molecule has 0 aliphatic rings. The zero-order valence-electron chi connectivity index (χ0n) is 10.5. The molecule has 3 nitrogen and oxygen atoms in total. The molecule has 0 spiro atoms. The number of ether oxygens (including phenoxy) is 2. The zero-order valence-corrected chi connectivity index (χ0v) is 10.5. The number of ketones is 1. The molecule has 3 heteroatoms. The molecule has 0 atom stereocenters. The van der Waals surface area contributed by atoms with Crippen molar-refractivity contribution in [2.75, 3.05) is 14.2 Å². The lowest BCUT2D eigenvalue weighted by molar-refractivity contribution is 0.0738. The molecule has 17 heavy (non-hydrogen) atoms. The fourth-order valence-corrected chi connectivity index (χ4v) is 1.07. The Kier molecular flexibility index (Phi) is 4.30. The first kappa shape index (κ1) is 13.3. The van der Waals surface area contributed by atoms with Crippen molar-refractivity contribution >= 4 is 5.78 Å². The van der Waals surface area contributed by atoms with Gasteiger partial charge >= 0.3 is 0 Å². The Labute approximate surface area is 102 Å². The number of Topliss-reactive ketones (excluding diaryl/α,β-unsaturated/α-hetero) is 1. The first-order chi connectivity index (χ1) is 7.98. The summed E-state index contributed by atoms with van der Waals surface area (Å²) in [5.74, 6) is 5.85. The van der Waals surface area contributed by atoms with Crippen LogP contribution in [-0.2, 0) is 4.74 Å². The van der Waals surface area contributed by atoms with Gasteiger partial charge in [-0.15, -0.1) is 0 Å². The number of benzene rings is 1. The van der Waals surface area contributed by atoms with Crippen LogP contribution in [0.25, 0.3) is 0 Å². The normalized spacial score (nSPS) is 10.4. The largest absolute Gasteiger partial charge is 0.497 e. The standard InChI is InChI=1S/C14H16O3/c1-14(2,17-4)10-9-13(15)11-5-7-12(16-3)8-6-11/h5-8H,1-4H3. The maximum Gasteiger partial charge on any atom is 0.235 e. The van der Waals surface area contributed by atoms with Gasteiger partial charge in [-0.3, -0.25) is 4.79 Å². The predicted octanol–water partition coefficient (Wildman–Crippen LogP) is 2.31. The molecule has 1 aromatic carbocycles. The van der Waals surface area contributed by atoms with E-state index in [1.54, 1.807) is 52.3 Å². The van der Waals surface area contributed by atoms with E-state index in [1.165, 1.54) is 0 Å². The fraction of sp³-hybridized carbons (Fsp3) is 0.357. The molecule has 0 amide bonds. The highest BCUT2D eigenvalue weighted by molar-refractivity contribution is 6.09. The van der Waals surface area contributed by atoms with Crippen molar-refractivity contribution in [3.05, 3.63) is 29.8 Å². The molecule has 0 fully saturated rings. The maximum absolute atomic E-state index is 11.7.